The zero-order valence-corrected chi connectivity index (χ0v) is 18.2. The fourth-order valence-corrected chi connectivity index (χ4v) is 3.49. The number of rotatable bonds is 2. The van der Waals surface area contributed by atoms with E-state index in [0.717, 1.165) is 11.6 Å². The van der Waals surface area contributed by atoms with Gasteiger partial charge in [0, 0.05) is 30.1 Å². The van der Waals surface area contributed by atoms with E-state index in [1.165, 1.54) is 18.7 Å². The SMILES string of the molecule is O=S(=O)(Oc1cc2c3cc(ccc3n1)C=CC=CCOC=NC=CN1C=CC(C1)O2)C(F)(F)F. The highest BCUT2D eigenvalue weighted by atomic mass is 32.2. The summed E-state index contributed by atoms with van der Waals surface area (Å²) >= 11 is 0. The number of fused-ring (bicyclic) bond motifs is 3. The molecule has 1 aromatic carbocycles. The fraction of sp³-hybridized carbons (Fsp3) is 0.182. The Balaban J connectivity index is 1.75. The van der Waals surface area contributed by atoms with E-state index in [1.54, 1.807) is 59.8 Å². The zero-order valence-electron chi connectivity index (χ0n) is 17.4. The smallest absolute Gasteiger partial charge is 0.484 e. The van der Waals surface area contributed by atoms with Gasteiger partial charge in [-0.15, -0.1) is 0 Å². The van der Waals surface area contributed by atoms with Crippen LogP contribution in [0.5, 0.6) is 11.6 Å². The average Bonchev–Trinajstić information content (AvgIpc) is 3.21. The summed E-state index contributed by atoms with van der Waals surface area (Å²) in [6.07, 6.45) is 14.7. The van der Waals surface area contributed by atoms with E-state index in [2.05, 4.69) is 14.2 Å². The first-order valence-corrected chi connectivity index (χ1v) is 11.3. The van der Waals surface area contributed by atoms with Crippen LogP contribution < -0.4 is 8.92 Å². The molecule has 2 aliphatic heterocycles. The van der Waals surface area contributed by atoms with Crippen molar-refractivity contribution in [3.8, 4) is 11.6 Å². The molecular weight excluding hydrogens is 475 g/mol. The van der Waals surface area contributed by atoms with Gasteiger partial charge in [0.2, 0.25) is 5.88 Å². The summed E-state index contributed by atoms with van der Waals surface area (Å²) in [5.41, 5.74) is -4.63. The third-order valence-electron chi connectivity index (χ3n) is 4.62. The van der Waals surface area contributed by atoms with E-state index in [1.807, 2.05) is 0 Å². The Morgan fingerprint density at radius 1 is 1.15 bits per heavy atom. The molecule has 4 rings (SSSR count). The lowest BCUT2D eigenvalue weighted by atomic mass is 10.1. The van der Waals surface area contributed by atoms with Gasteiger partial charge < -0.3 is 18.6 Å². The zero-order chi connectivity index (χ0) is 24.2. The van der Waals surface area contributed by atoms with Crippen LogP contribution in [-0.2, 0) is 14.9 Å². The van der Waals surface area contributed by atoms with Gasteiger partial charge in [-0.25, -0.2) is 9.98 Å². The van der Waals surface area contributed by atoms with Crippen molar-refractivity contribution < 1.29 is 35.2 Å². The molecule has 0 amide bonds. The van der Waals surface area contributed by atoms with Crippen molar-refractivity contribution in [1.82, 2.24) is 9.88 Å². The number of pyridine rings is 1. The van der Waals surface area contributed by atoms with Crippen LogP contribution in [0.25, 0.3) is 17.0 Å². The summed E-state index contributed by atoms with van der Waals surface area (Å²) in [6, 6.07) is 5.98. The van der Waals surface area contributed by atoms with Crippen LogP contribution in [-0.4, -0.2) is 49.5 Å². The Hall–Kier alpha value is -3.80. The highest BCUT2D eigenvalue weighted by Gasteiger charge is 2.49. The second kappa shape index (κ2) is 9.59. The number of alkyl halides is 3. The van der Waals surface area contributed by atoms with Gasteiger partial charge in [0.15, 0.2) is 6.40 Å². The molecule has 1 unspecified atom stereocenters. The first-order valence-electron chi connectivity index (χ1n) is 9.91. The number of allylic oxidation sites excluding steroid dienone is 2. The molecule has 0 spiro atoms. The first-order chi connectivity index (χ1) is 16.2. The van der Waals surface area contributed by atoms with Gasteiger partial charge in [0.1, 0.15) is 18.5 Å². The second-order valence-corrected chi connectivity index (χ2v) is 8.62. The van der Waals surface area contributed by atoms with Crippen molar-refractivity contribution in [1.29, 1.82) is 0 Å². The summed E-state index contributed by atoms with van der Waals surface area (Å²) in [5.74, 6) is -0.627. The van der Waals surface area contributed by atoms with Gasteiger partial charge in [0.05, 0.1) is 12.1 Å². The highest BCUT2D eigenvalue weighted by molar-refractivity contribution is 7.87. The van der Waals surface area contributed by atoms with E-state index in [0.29, 0.717) is 18.5 Å². The maximum atomic E-state index is 12.8. The topological polar surface area (TPSA) is 90.3 Å². The maximum absolute atomic E-state index is 12.8. The lowest BCUT2D eigenvalue weighted by Gasteiger charge is -2.18. The molecule has 178 valence electrons. The van der Waals surface area contributed by atoms with Gasteiger partial charge in [-0.1, -0.05) is 24.3 Å². The number of hydrogen-bond donors (Lipinski definition) is 0. The largest absolute Gasteiger partial charge is 0.534 e. The molecule has 2 aromatic rings. The lowest BCUT2D eigenvalue weighted by Crippen LogP contribution is -2.28. The standard InChI is InChI=1S/C22H18F3N3O5S/c23-22(24,25)34(29,30)33-21-13-20-18-12-16(5-6-19(18)27-21)4-2-1-3-11-31-15-26-8-10-28-9-7-17(14-28)32-20/h1-10,12-13,15,17H,11,14H2. The quantitative estimate of drug-likeness (QED) is 0.459. The minimum atomic E-state index is -5.89. The predicted octanol–water partition coefficient (Wildman–Crippen LogP) is 4.14. The number of aromatic nitrogens is 1. The first kappa shape index (κ1) is 23.4. The number of ether oxygens (including phenoxy) is 2. The Bertz CT molecular complexity index is 1320. The predicted molar refractivity (Wildman–Crippen MR) is 119 cm³/mol. The Labute approximate surface area is 193 Å². The molecule has 1 atom stereocenters. The summed E-state index contributed by atoms with van der Waals surface area (Å²) < 4.78 is 76.9. The Kier molecular flexibility index (Phi) is 6.59. The van der Waals surface area contributed by atoms with Crippen molar-refractivity contribution >= 4 is 33.5 Å². The van der Waals surface area contributed by atoms with Crippen LogP contribution >= 0.6 is 0 Å². The molecule has 4 bridgehead atoms. The van der Waals surface area contributed by atoms with E-state index in [9.17, 15) is 21.6 Å². The normalized spacial score (nSPS) is 18.6. The average molecular weight is 493 g/mol. The number of hydrogen-bond acceptors (Lipinski definition) is 8. The maximum Gasteiger partial charge on any atom is 0.534 e. The van der Waals surface area contributed by atoms with Gasteiger partial charge in [-0.2, -0.15) is 21.6 Å². The summed E-state index contributed by atoms with van der Waals surface area (Å²) in [6.45, 7) is 0.715. The monoisotopic (exact) mass is 493 g/mol. The fourth-order valence-electron chi connectivity index (χ4n) is 3.08. The van der Waals surface area contributed by atoms with Crippen molar-refractivity contribution in [2.24, 2.45) is 4.99 Å². The van der Waals surface area contributed by atoms with Gasteiger partial charge >= 0.3 is 15.6 Å². The molecule has 0 N–H and O–H groups in total. The van der Waals surface area contributed by atoms with Gasteiger partial charge in [0.25, 0.3) is 0 Å². The van der Waals surface area contributed by atoms with E-state index in [-0.39, 0.29) is 11.3 Å². The molecule has 0 radical (unpaired) electrons. The molecule has 0 aliphatic carbocycles. The van der Waals surface area contributed by atoms with E-state index in [4.69, 9.17) is 9.47 Å². The summed E-state index contributed by atoms with van der Waals surface area (Å²) in [5, 5.41) is 0.472. The van der Waals surface area contributed by atoms with Gasteiger partial charge in [-0.05, 0) is 29.8 Å². The van der Waals surface area contributed by atoms with E-state index >= 15 is 0 Å². The molecule has 3 heterocycles. The van der Waals surface area contributed by atoms with Crippen LogP contribution in [0.1, 0.15) is 5.56 Å². The number of aliphatic imine (C=N–C) groups is 1. The molecule has 1 aromatic heterocycles. The molecule has 34 heavy (non-hydrogen) atoms. The molecule has 12 heteroatoms. The number of benzene rings is 1. The third kappa shape index (κ3) is 5.57. The van der Waals surface area contributed by atoms with E-state index < -0.39 is 27.6 Å². The summed E-state index contributed by atoms with van der Waals surface area (Å²) in [4.78, 5) is 9.71. The highest BCUT2D eigenvalue weighted by Crippen LogP contribution is 2.34. The van der Waals surface area contributed by atoms with Crippen LogP contribution in [0.3, 0.4) is 0 Å². The van der Waals surface area contributed by atoms with Crippen LogP contribution in [0.2, 0.25) is 0 Å². The summed E-state index contributed by atoms with van der Waals surface area (Å²) in [7, 11) is -5.89. The van der Waals surface area contributed by atoms with Crippen molar-refractivity contribution in [3.05, 3.63) is 72.7 Å². The molecule has 2 aliphatic rings. The number of halogens is 3. The Morgan fingerprint density at radius 3 is 2.82 bits per heavy atom. The van der Waals surface area contributed by atoms with Crippen LogP contribution in [0, 0.1) is 0 Å². The number of nitrogens with zero attached hydrogens (tertiary/aromatic N) is 3. The molecular formula is C22H18F3N3O5S. The second-order valence-electron chi connectivity index (χ2n) is 7.09. The molecule has 0 fully saturated rings. The third-order valence-corrected chi connectivity index (χ3v) is 5.58. The lowest BCUT2D eigenvalue weighted by molar-refractivity contribution is -0.0501. The molecule has 8 nitrogen and oxygen atoms in total. The minimum Gasteiger partial charge on any atom is -0.484 e. The van der Waals surface area contributed by atoms with Crippen molar-refractivity contribution in [2.45, 2.75) is 11.6 Å². The van der Waals surface area contributed by atoms with Gasteiger partial charge in [-0.3, -0.25) is 0 Å². The molecule has 0 saturated heterocycles. The van der Waals surface area contributed by atoms with Crippen LogP contribution in [0.15, 0.2) is 72.2 Å². The van der Waals surface area contributed by atoms with Crippen molar-refractivity contribution in [2.75, 3.05) is 13.2 Å². The Morgan fingerprint density at radius 2 is 2.00 bits per heavy atom. The van der Waals surface area contributed by atoms with Crippen molar-refractivity contribution in [3.63, 3.8) is 0 Å². The minimum absolute atomic E-state index is 0.121. The molecule has 0 saturated carbocycles. The van der Waals surface area contributed by atoms with Crippen LogP contribution in [0.4, 0.5) is 13.2 Å².